The van der Waals surface area contributed by atoms with E-state index >= 15 is 0 Å². The van der Waals surface area contributed by atoms with Crippen LogP contribution >= 0.6 is 0 Å². The van der Waals surface area contributed by atoms with Gasteiger partial charge in [-0.05, 0) is 148 Å². The van der Waals surface area contributed by atoms with Crippen molar-refractivity contribution in [3.05, 3.63) is 179 Å². The molecule has 29 heteroatoms. The lowest BCUT2D eigenvalue weighted by atomic mass is 9.98. The number of nitrogens with one attached hydrogen (secondary N) is 6. The minimum atomic E-state index is -1.11. The van der Waals surface area contributed by atoms with Crippen molar-refractivity contribution < 1.29 is 110 Å². The predicted molar refractivity (Wildman–Crippen MR) is 452 cm³/mol. The molecule has 120 heavy (non-hydrogen) atoms. The standard InChI is InChI=1S/C37H51N3O10.C28H36N2O7.C24H27NO6.2CH4/c1-5-46-23-26(41)11-10-18-38-34(43)25-48-22-21-47-20-19-39-33(42)17-16-32(35(44)50-37(2,3)4)40-36(45)49-24-31-29-14-8-6-12-27(29)28-13-7-9-15-30(28)31;1-2-34-18-21(31)8-7-13-29-27(32)20-36-17-16-35-15-14-30-28(33)37-19-26-24-11-5-3-9-22(24)23-10-4-6-12-25(23)26;1-24(2,3)31-22(28)20(12-13-21(26)27)25-23(29)30-14-19-17-10-6-4-8-15(17)16-9-5-7-11-18(16)19;;/h6-9,12-15,31-32H,5,10-11,16-25H2,1-4H3,(H,38,43)(H,39,42)(H,40,45);3-6,9-12,26H,2,7-8,13-20H2,1H3,(H,29,32)(H,30,33);4-11,19-20H,12-14H2,1-3H3,(H,25,29)(H,26,27);2*1H4/t32-;;20-;;/m0.0../s1. The van der Waals surface area contributed by atoms with Gasteiger partial charge in [0.25, 0.3) is 0 Å². The number of carbonyl (C=O) groups excluding carboxylic acids is 10. The topological polar surface area (TPSA) is 382 Å². The van der Waals surface area contributed by atoms with Gasteiger partial charge in [-0.15, -0.1) is 0 Å². The smallest absolute Gasteiger partial charge is 0.407 e. The lowest BCUT2D eigenvalue weighted by molar-refractivity contribution is -0.158. The molecule has 0 bridgehead atoms. The Labute approximate surface area is 704 Å². The van der Waals surface area contributed by atoms with Crippen LogP contribution in [0.5, 0.6) is 0 Å². The summed E-state index contributed by atoms with van der Waals surface area (Å²) in [4.78, 5) is 133. The summed E-state index contributed by atoms with van der Waals surface area (Å²) in [5.74, 6) is -3.49. The van der Waals surface area contributed by atoms with Crippen LogP contribution in [0.1, 0.15) is 173 Å². The number of alkyl carbamates (subject to hydrolysis) is 3. The number of rotatable bonds is 46. The van der Waals surface area contributed by atoms with E-state index in [0.29, 0.717) is 71.7 Å². The van der Waals surface area contributed by atoms with E-state index in [1.165, 1.54) is 22.3 Å². The minimum absolute atomic E-state index is 0. The van der Waals surface area contributed by atoms with Gasteiger partial charge in [0.05, 0.1) is 39.6 Å². The Morgan fingerprint density at radius 1 is 0.350 bits per heavy atom. The third kappa shape index (κ3) is 34.8. The van der Waals surface area contributed by atoms with E-state index in [-0.39, 0.29) is 167 Å². The molecule has 6 aromatic carbocycles. The number of carboxylic acid groups (broad SMARTS) is 1. The Bertz CT molecular complexity index is 4130. The summed E-state index contributed by atoms with van der Waals surface area (Å²) in [6.45, 7) is 18.2. The van der Waals surface area contributed by atoms with Gasteiger partial charge in [0.1, 0.15) is 69.5 Å². The molecule has 654 valence electrons. The molecule has 7 N–H and O–H groups in total. The maximum atomic E-state index is 12.9. The fraction of sp³-hybridized carbons (Fsp3) is 0.484. The number of Topliss-reactive ketones (excluding diaryl/α,β-unsaturated/α-hetero) is 2. The highest BCUT2D eigenvalue weighted by molar-refractivity contribution is 5.86. The third-order valence-corrected chi connectivity index (χ3v) is 18.4. The summed E-state index contributed by atoms with van der Waals surface area (Å²) >= 11 is 0. The molecule has 0 aromatic heterocycles. The zero-order chi connectivity index (χ0) is 85.2. The van der Waals surface area contributed by atoms with Crippen molar-refractivity contribution in [3.63, 3.8) is 0 Å². The zero-order valence-electron chi connectivity index (χ0n) is 68.8. The lowest BCUT2D eigenvalue weighted by Gasteiger charge is -2.24. The van der Waals surface area contributed by atoms with Crippen LogP contribution in [0.3, 0.4) is 0 Å². The highest BCUT2D eigenvalue weighted by Crippen LogP contribution is 2.47. The average molecular weight is 1670 g/mol. The fourth-order valence-electron chi connectivity index (χ4n) is 13.1. The number of carboxylic acids is 1. The monoisotopic (exact) mass is 1670 g/mol. The molecular formula is C91H122N6O23. The van der Waals surface area contributed by atoms with E-state index in [0.717, 1.165) is 44.5 Å². The van der Waals surface area contributed by atoms with Gasteiger partial charge in [-0.2, -0.15) is 0 Å². The van der Waals surface area contributed by atoms with Crippen LogP contribution in [0.4, 0.5) is 14.4 Å². The van der Waals surface area contributed by atoms with Crippen LogP contribution < -0.4 is 31.9 Å². The number of hydrogen-bond donors (Lipinski definition) is 7. The second-order valence-corrected chi connectivity index (χ2v) is 29.8. The van der Waals surface area contributed by atoms with Crippen LogP contribution in [-0.4, -0.2) is 219 Å². The van der Waals surface area contributed by atoms with Gasteiger partial charge in [0, 0.05) is 82.8 Å². The van der Waals surface area contributed by atoms with Crippen LogP contribution in [0.2, 0.25) is 0 Å². The molecule has 0 saturated heterocycles. The minimum Gasteiger partial charge on any atom is -0.481 e. The van der Waals surface area contributed by atoms with Crippen molar-refractivity contribution in [3.8, 4) is 33.4 Å². The van der Waals surface area contributed by atoms with Crippen LogP contribution in [0.15, 0.2) is 146 Å². The van der Waals surface area contributed by atoms with E-state index in [2.05, 4.69) is 56.2 Å². The van der Waals surface area contributed by atoms with Crippen LogP contribution in [0, 0.1) is 0 Å². The maximum Gasteiger partial charge on any atom is 0.407 e. The number of fused-ring (bicyclic) bond motifs is 9. The van der Waals surface area contributed by atoms with E-state index in [1.54, 1.807) is 41.5 Å². The van der Waals surface area contributed by atoms with Crippen molar-refractivity contribution in [2.75, 3.05) is 125 Å². The van der Waals surface area contributed by atoms with Crippen molar-refractivity contribution in [2.24, 2.45) is 0 Å². The summed E-state index contributed by atoms with van der Waals surface area (Å²) in [7, 11) is 0. The maximum absolute atomic E-state index is 12.9. The Kier molecular flexibility index (Phi) is 43.9. The normalized spacial score (nSPS) is 12.5. The Hall–Kier alpha value is -11.0. The fourth-order valence-corrected chi connectivity index (χ4v) is 13.1. The molecule has 9 rings (SSSR count). The lowest BCUT2D eigenvalue weighted by Crippen LogP contribution is -2.45. The molecule has 2 atom stereocenters. The quantitative estimate of drug-likeness (QED) is 0.0106. The first-order chi connectivity index (χ1) is 56.7. The summed E-state index contributed by atoms with van der Waals surface area (Å²) in [6.07, 6.45) is -0.657. The number of amides is 6. The van der Waals surface area contributed by atoms with E-state index in [4.69, 9.17) is 57.2 Å². The predicted octanol–water partition coefficient (Wildman–Crippen LogP) is 12.1. The molecule has 0 saturated carbocycles. The first-order valence-electron chi connectivity index (χ1n) is 40.0. The number of ether oxygens (including phenoxy) is 11. The molecule has 0 spiro atoms. The van der Waals surface area contributed by atoms with Gasteiger partial charge in [-0.25, -0.2) is 24.0 Å². The second kappa shape index (κ2) is 52.9. The second-order valence-electron chi connectivity index (χ2n) is 29.8. The van der Waals surface area contributed by atoms with E-state index in [1.807, 2.05) is 135 Å². The van der Waals surface area contributed by atoms with Gasteiger partial charge in [0.2, 0.25) is 17.7 Å². The Morgan fingerprint density at radius 2 is 0.650 bits per heavy atom. The molecule has 29 nitrogen and oxygen atoms in total. The molecule has 3 aliphatic rings. The first kappa shape index (κ1) is 99.6. The molecule has 6 aromatic rings. The third-order valence-electron chi connectivity index (χ3n) is 18.4. The van der Waals surface area contributed by atoms with Crippen molar-refractivity contribution >= 4 is 65.5 Å². The van der Waals surface area contributed by atoms with Crippen molar-refractivity contribution in [1.29, 1.82) is 0 Å². The van der Waals surface area contributed by atoms with Gasteiger partial charge in [-0.3, -0.25) is 28.8 Å². The van der Waals surface area contributed by atoms with Gasteiger partial charge in [0.15, 0.2) is 11.6 Å². The summed E-state index contributed by atoms with van der Waals surface area (Å²) in [5.41, 5.74) is 11.9. The molecule has 0 aliphatic heterocycles. The summed E-state index contributed by atoms with van der Waals surface area (Å²) in [6, 6.07) is 46.1. The highest BCUT2D eigenvalue weighted by Gasteiger charge is 2.35. The molecule has 0 heterocycles. The van der Waals surface area contributed by atoms with Gasteiger partial charge in [-0.1, -0.05) is 160 Å². The van der Waals surface area contributed by atoms with Crippen molar-refractivity contribution in [2.45, 2.75) is 163 Å². The Morgan fingerprint density at radius 3 is 0.975 bits per heavy atom. The number of aliphatic carboxylic acids is 1. The van der Waals surface area contributed by atoms with Crippen LogP contribution in [-0.2, 0) is 90.5 Å². The summed E-state index contributed by atoms with van der Waals surface area (Å²) in [5, 5.41) is 24.8. The van der Waals surface area contributed by atoms with E-state index in [9.17, 15) is 52.7 Å². The number of esters is 2. The number of carbonyl (C=O) groups is 11. The molecule has 6 amide bonds. The molecule has 3 aliphatic carbocycles. The van der Waals surface area contributed by atoms with Crippen LogP contribution in [0.25, 0.3) is 33.4 Å². The van der Waals surface area contributed by atoms with Gasteiger partial charge >= 0.3 is 36.2 Å². The number of benzene rings is 6. The average Bonchev–Trinajstić information content (AvgIpc) is 1.63. The first-order valence-corrected chi connectivity index (χ1v) is 40.0. The summed E-state index contributed by atoms with van der Waals surface area (Å²) < 4.78 is 58.8. The van der Waals surface area contributed by atoms with Crippen molar-refractivity contribution in [1.82, 2.24) is 31.9 Å². The Balaban J connectivity index is 0.000000327. The SMILES string of the molecule is C.C.CC(C)(C)OC(=O)[C@H](CCC(=O)O)NC(=O)OCC1c2ccccc2-c2ccccc21.CCOCC(=O)CCCNC(=O)COCCOCCNC(=O)CC[C@H](NC(=O)OCC1c2ccccc2-c2ccccc21)C(=O)OC(C)(C)C.CCOCC(=O)CCCNC(=O)COCCOCCNC(=O)OCC1c2ccccc2-c2ccccc21. The highest BCUT2D eigenvalue weighted by atomic mass is 16.6. The molecule has 0 fully saturated rings. The van der Waals surface area contributed by atoms with Gasteiger partial charge < -0.3 is 89.1 Å². The number of hydrogen-bond acceptors (Lipinski definition) is 22. The molecule has 0 radical (unpaired) electrons. The molecule has 0 unspecified atom stereocenters. The molecular weight excluding hydrogens is 1550 g/mol. The zero-order valence-corrected chi connectivity index (χ0v) is 68.8. The largest absolute Gasteiger partial charge is 0.481 e. The van der Waals surface area contributed by atoms with E-state index < -0.39 is 59.5 Å². The number of ketones is 2.